The highest BCUT2D eigenvalue weighted by molar-refractivity contribution is 6.31. The highest BCUT2D eigenvalue weighted by Gasteiger charge is 2.49. The molecule has 2 aliphatic rings. The molecular formula is C15H13ClN2O2. The van der Waals surface area contributed by atoms with Crippen LogP contribution in [0.4, 0.5) is 0 Å². The molecule has 1 heterocycles. The molecule has 0 spiro atoms. The lowest BCUT2D eigenvalue weighted by molar-refractivity contribution is -0.141. The van der Waals surface area contributed by atoms with Gasteiger partial charge in [-0.25, -0.2) is 0 Å². The number of benzene rings is 1. The van der Waals surface area contributed by atoms with Crippen molar-refractivity contribution < 1.29 is 9.59 Å². The molecule has 1 aliphatic carbocycles. The van der Waals surface area contributed by atoms with Gasteiger partial charge in [0.25, 0.3) is 0 Å². The van der Waals surface area contributed by atoms with Gasteiger partial charge in [0.2, 0.25) is 11.8 Å². The molecule has 0 bridgehead atoms. The molecule has 0 N–H and O–H groups in total. The quantitative estimate of drug-likeness (QED) is 0.786. The summed E-state index contributed by atoms with van der Waals surface area (Å²) in [6.45, 7) is 0.204. The largest absolute Gasteiger partial charge is 0.278 e. The molecule has 1 saturated heterocycles. The molecule has 1 aromatic carbocycles. The Hall–Kier alpha value is -1.86. The summed E-state index contributed by atoms with van der Waals surface area (Å²) in [6, 6.07) is 6.91. The van der Waals surface area contributed by atoms with Crippen molar-refractivity contribution in [1.82, 2.24) is 4.90 Å². The lowest BCUT2D eigenvalue weighted by Crippen LogP contribution is -2.31. The van der Waals surface area contributed by atoms with Gasteiger partial charge >= 0.3 is 0 Å². The van der Waals surface area contributed by atoms with Crippen LogP contribution in [0.25, 0.3) is 0 Å². The van der Waals surface area contributed by atoms with E-state index in [-0.39, 0.29) is 30.2 Å². The van der Waals surface area contributed by atoms with Crippen LogP contribution in [0.3, 0.4) is 0 Å². The number of nitrogens with zero attached hydrogens (tertiary/aromatic N) is 2. The Morgan fingerprint density at radius 2 is 1.90 bits per heavy atom. The van der Waals surface area contributed by atoms with Crippen LogP contribution in [0.1, 0.15) is 30.4 Å². The topological polar surface area (TPSA) is 61.2 Å². The van der Waals surface area contributed by atoms with Crippen molar-refractivity contribution >= 4 is 23.4 Å². The molecule has 5 heteroatoms. The van der Waals surface area contributed by atoms with Gasteiger partial charge in [0.05, 0.1) is 30.0 Å². The number of rotatable bonds is 2. The fraction of sp³-hybridized carbons (Fsp3) is 0.400. The predicted octanol–water partition coefficient (Wildman–Crippen LogP) is 2.50. The van der Waals surface area contributed by atoms with E-state index in [0.29, 0.717) is 16.1 Å². The van der Waals surface area contributed by atoms with Gasteiger partial charge < -0.3 is 0 Å². The van der Waals surface area contributed by atoms with Gasteiger partial charge in [0.1, 0.15) is 0 Å². The zero-order valence-corrected chi connectivity index (χ0v) is 11.6. The number of likely N-dealkylation sites (tertiary alicyclic amines) is 1. The third kappa shape index (κ3) is 1.99. The fourth-order valence-corrected chi connectivity index (χ4v) is 3.37. The Balaban J connectivity index is 1.84. The van der Waals surface area contributed by atoms with Crippen LogP contribution in [-0.2, 0) is 16.1 Å². The molecule has 2 atom stereocenters. The van der Waals surface area contributed by atoms with E-state index in [2.05, 4.69) is 0 Å². The molecule has 0 aromatic heterocycles. The molecule has 2 fully saturated rings. The van der Waals surface area contributed by atoms with E-state index in [1.54, 1.807) is 18.2 Å². The van der Waals surface area contributed by atoms with Crippen LogP contribution in [0.15, 0.2) is 18.2 Å². The van der Waals surface area contributed by atoms with E-state index in [4.69, 9.17) is 16.9 Å². The Kier molecular flexibility index (Phi) is 3.23. The number of hydrogen-bond donors (Lipinski definition) is 0. The molecule has 2 unspecified atom stereocenters. The highest BCUT2D eigenvalue weighted by atomic mass is 35.5. The number of imide groups is 1. The molecule has 2 amide bonds. The fourth-order valence-electron chi connectivity index (χ4n) is 3.13. The lowest BCUT2D eigenvalue weighted by Gasteiger charge is -2.16. The molecule has 20 heavy (non-hydrogen) atoms. The van der Waals surface area contributed by atoms with Crippen LogP contribution in [0.2, 0.25) is 5.02 Å². The van der Waals surface area contributed by atoms with Crippen molar-refractivity contribution in [2.75, 3.05) is 0 Å². The first-order valence-electron chi connectivity index (χ1n) is 6.65. The molecule has 102 valence electrons. The van der Waals surface area contributed by atoms with Crippen LogP contribution in [0, 0.1) is 23.2 Å². The maximum absolute atomic E-state index is 12.2. The summed E-state index contributed by atoms with van der Waals surface area (Å²) in [5, 5.41) is 9.22. The average molecular weight is 289 g/mol. The van der Waals surface area contributed by atoms with Crippen molar-refractivity contribution in [3.8, 4) is 6.07 Å². The minimum Gasteiger partial charge on any atom is -0.278 e. The summed E-state index contributed by atoms with van der Waals surface area (Å²) in [5.74, 6) is -0.393. The normalized spacial score (nSPS) is 24.9. The number of fused-ring (bicyclic) bond motifs is 1. The van der Waals surface area contributed by atoms with E-state index in [0.717, 1.165) is 19.3 Å². The summed E-state index contributed by atoms with van der Waals surface area (Å²) in [4.78, 5) is 25.8. The minimum absolute atomic E-state index is 0.0714. The monoisotopic (exact) mass is 288 g/mol. The van der Waals surface area contributed by atoms with Gasteiger partial charge in [-0.15, -0.1) is 0 Å². The number of hydrogen-bond acceptors (Lipinski definition) is 3. The maximum Gasteiger partial charge on any atom is 0.233 e. The molecule has 1 aromatic rings. The predicted molar refractivity (Wildman–Crippen MR) is 72.6 cm³/mol. The number of carbonyl (C=O) groups excluding carboxylic acids is 2. The second kappa shape index (κ2) is 4.92. The zero-order chi connectivity index (χ0) is 14.3. The Bertz CT molecular complexity index is 613. The molecular weight excluding hydrogens is 276 g/mol. The summed E-state index contributed by atoms with van der Waals surface area (Å²) in [6.07, 6.45) is 2.58. The number of halogens is 1. The van der Waals surface area contributed by atoms with Gasteiger partial charge in [0.15, 0.2) is 0 Å². The second-order valence-corrected chi connectivity index (χ2v) is 5.73. The zero-order valence-electron chi connectivity index (χ0n) is 10.8. The van der Waals surface area contributed by atoms with Crippen LogP contribution in [-0.4, -0.2) is 16.7 Å². The summed E-state index contributed by atoms with van der Waals surface area (Å²) >= 11 is 6.10. The molecule has 1 saturated carbocycles. The first-order valence-corrected chi connectivity index (χ1v) is 7.03. The van der Waals surface area contributed by atoms with Crippen LogP contribution in [0.5, 0.6) is 0 Å². The van der Waals surface area contributed by atoms with Gasteiger partial charge in [-0.05, 0) is 30.5 Å². The van der Waals surface area contributed by atoms with Crippen molar-refractivity contribution in [2.24, 2.45) is 11.8 Å². The van der Waals surface area contributed by atoms with Crippen molar-refractivity contribution in [1.29, 1.82) is 5.26 Å². The molecule has 3 rings (SSSR count). The summed E-state index contributed by atoms with van der Waals surface area (Å²) in [7, 11) is 0. The van der Waals surface area contributed by atoms with E-state index in [1.807, 2.05) is 6.07 Å². The maximum atomic E-state index is 12.2. The Morgan fingerprint density at radius 1 is 1.25 bits per heavy atom. The van der Waals surface area contributed by atoms with E-state index in [9.17, 15) is 9.59 Å². The Labute approximate surface area is 121 Å². The number of nitriles is 1. The highest BCUT2D eigenvalue weighted by Crippen LogP contribution is 2.40. The first-order chi connectivity index (χ1) is 9.61. The first kappa shape index (κ1) is 13.1. The number of carbonyl (C=O) groups is 2. The van der Waals surface area contributed by atoms with Crippen LogP contribution >= 0.6 is 11.6 Å². The van der Waals surface area contributed by atoms with Crippen molar-refractivity contribution in [3.05, 3.63) is 34.3 Å². The molecule has 0 radical (unpaired) electrons. The van der Waals surface area contributed by atoms with Gasteiger partial charge in [-0.2, -0.15) is 5.26 Å². The van der Waals surface area contributed by atoms with Gasteiger partial charge in [-0.3, -0.25) is 14.5 Å². The van der Waals surface area contributed by atoms with E-state index < -0.39 is 0 Å². The molecule has 4 nitrogen and oxygen atoms in total. The SMILES string of the molecule is N#Cc1ccc(CN2C(=O)C3CCCC3C2=O)c(Cl)c1. The second-order valence-electron chi connectivity index (χ2n) is 5.32. The Morgan fingerprint density at radius 3 is 2.45 bits per heavy atom. The average Bonchev–Trinajstić information content (AvgIpc) is 3.00. The minimum atomic E-state index is -0.125. The standard InChI is InChI=1S/C15H13ClN2O2/c16-13-6-9(7-17)4-5-10(13)8-18-14(19)11-2-1-3-12(11)15(18)20/h4-6,11-12H,1-3,8H2. The lowest BCUT2D eigenvalue weighted by atomic mass is 10.00. The smallest absolute Gasteiger partial charge is 0.233 e. The van der Waals surface area contributed by atoms with E-state index in [1.165, 1.54) is 4.90 Å². The molecule has 1 aliphatic heterocycles. The van der Waals surface area contributed by atoms with Crippen molar-refractivity contribution in [2.45, 2.75) is 25.8 Å². The summed E-state index contributed by atoms with van der Waals surface area (Å²) < 4.78 is 0. The third-order valence-electron chi connectivity index (χ3n) is 4.19. The van der Waals surface area contributed by atoms with E-state index >= 15 is 0 Å². The van der Waals surface area contributed by atoms with Crippen LogP contribution < -0.4 is 0 Å². The van der Waals surface area contributed by atoms with Gasteiger partial charge in [-0.1, -0.05) is 24.1 Å². The van der Waals surface area contributed by atoms with Crippen molar-refractivity contribution in [3.63, 3.8) is 0 Å². The van der Waals surface area contributed by atoms with Gasteiger partial charge in [0, 0.05) is 5.02 Å². The number of amides is 2. The summed E-state index contributed by atoms with van der Waals surface area (Å²) in [5.41, 5.74) is 1.17. The third-order valence-corrected chi connectivity index (χ3v) is 4.54.